The third kappa shape index (κ3) is 6.57. The number of amides is 1. The molecule has 0 atom stereocenters. The van der Waals surface area contributed by atoms with Gasteiger partial charge in [0, 0.05) is 24.6 Å². The average Bonchev–Trinajstić information content (AvgIpc) is 3.36. The summed E-state index contributed by atoms with van der Waals surface area (Å²) in [6, 6.07) is 36.3. The second kappa shape index (κ2) is 12.6. The number of hydrogen-bond acceptors (Lipinski definition) is 5. The molecule has 41 heavy (non-hydrogen) atoms. The van der Waals surface area contributed by atoms with E-state index in [1.807, 2.05) is 91.0 Å². The molecule has 1 N–H and O–H groups in total. The van der Waals surface area contributed by atoms with Gasteiger partial charge in [-0.2, -0.15) is 10.4 Å². The van der Waals surface area contributed by atoms with Gasteiger partial charge in [0.2, 0.25) is 5.91 Å². The van der Waals surface area contributed by atoms with E-state index in [1.165, 1.54) is 6.92 Å². The van der Waals surface area contributed by atoms with Gasteiger partial charge in [0.15, 0.2) is 17.2 Å². The molecule has 0 saturated carbocycles. The summed E-state index contributed by atoms with van der Waals surface area (Å²) in [5, 5.41) is 17.0. The molecule has 0 aliphatic heterocycles. The normalized spacial score (nSPS) is 10.5. The maximum atomic E-state index is 14.0. The summed E-state index contributed by atoms with van der Waals surface area (Å²) in [5.41, 5.74) is 5.12. The molecule has 0 fully saturated rings. The van der Waals surface area contributed by atoms with Gasteiger partial charge in [-0.1, -0.05) is 91.0 Å². The summed E-state index contributed by atoms with van der Waals surface area (Å²) in [6.07, 6.45) is -0.0800. The Morgan fingerprint density at radius 3 is 2.15 bits per heavy atom. The van der Waals surface area contributed by atoms with Crippen LogP contribution in [0.3, 0.4) is 0 Å². The highest BCUT2D eigenvalue weighted by Crippen LogP contribution is 2.36. The van der Waals surface area contributed by atoms with Crippen LogP contribution < -0.4 is 10.1 Å². The van der Waals surface area contributed by atoms with Crippen molar-refractivity contribution in [2.45, 2.75) is 26.5 Å². The molecule has 7 heteroatoms. The number of carbonyl (C=O) groups is 2. The van der Waals surface area contributed by atoms with Crippen LogP contribution >= 0.6 is 0 Å². The molecule has 0 radical (unpaired) electrons. The first-order valence-electron chi connectivity index (χ1n) is 13.2. The highest BCUT2D eigenvalue weighted by Gasteiger charge is 2.27. The summed E-state index contributed by atoms with van der Waals surface area (Å²) in [5.74, 6) is -0.175. The third-order valence-corrected chi connectivity index (χ3v) is 6.52. The van der Waals surface area contributed by atoms with Gasteiger partial charge in [0.25, 0.3) is 0 Å². The van der Waals surface area contributed by atoms with E-state index in [-0.39, 0.29) is 30.4 Å². The highest BCUT2D eigenvalue weighted by atomic mass is 16.5. The number of nitrogens with one attached hydrogen (secondary N) is 1. The lowest BCUT2D eigenvalue weighted by Gasteiger charge is -2.12. The smallest absolute Gasteiger partial charge is 0.221 e. The molecule has 0 aliphatic rings. The highest BCUT2D eigenvalue weighted by molar-refractivity contribution is 6.01. The van der Waals surface area contributed by atoms with Crippen molar-refractivity contribution in [1.82, 2.24) is 9.78 Å². The molecule has 0 saturated heterocycles. The maximum absolute atomic E-state index is 14.0. The predicted octanol–water partition coefficient (Wildman–Crippen LogP) is 6.43. The first kappa shape index (κ1) is 27.1. The molecule has 0 aliphatic carbocycles. The lowest BCUT2D eigenvalue weighted by Crippen LogP contribution is -2.13. The van der Waals surface area contributed by atoms with Gasteiger partial charge in [0.1, 0.15) is 12.3 Å². The van der Waals surface area contributed by atoms with Crippen LogP contribution in [-0.4, -0.2) is 21.5 Å². The van der Waals surface area contributed by atoms with E-state index < -0.39 is 0 Å². The van der Waals surface area contributed by atoms with Gasteiger partial charge in [-0.25, -0.2) is 0 Å². The van der Waals surface area contributed by atoms with Crippen LogP contribution in [0.2, 0.25) is 0 Å². The zero-order valence-electron chi connectivity index (χ0n) is 22.6. The fraction of sp³-hybridized carbons (Fsp3) is 0.118. The van der Waals surface area contributed by atoms with Crippen LogP contribution in [0.4, 0.5) is 5.69 Å². The topological polar surface area (TPSA) is 97.0 Å². The number of nitriles is 1. The molecule has 0 bridgehead atoms. The zero-order valence-corrected chi connectivity index (χ0v) is 22.6. The van der Waals surface area contributed by atoms with E-state index >= 15 is 0 Å². The van der Waals surface area contributed by atoms with Crippen molar-refractivity contribution in [3.05, 3.63) is 137 Å². The number of carbonyl (C=O) groups excluding carboxylic acids is 2. The lowest BCUT2D eigenvalue weighted by atomic mass is 10.0. The average molecular weight is 541 g/mol. The number of rotatable bonds is 10. The minimum absolute atomic E-state index is 0.0800. The van der Waals surface area contributed by atoms with Gasteiger partial charge in [-0.05, 0) is 34.9 Å². The Hall–Kier alpha value is -5.48. The van der Waals surface area contributed by atoms with Gasteiger partial charge in [-0.15, -0.1) is 0 Å². The van der Waals surface area contributed by atoms with E-state index in [0.29, 0.717) is 34.8 Å². The van der Waals surface area contributed by atoms with Crippen molar-refractivity contribution in [3.63, 3.8) is 0 Å². The monoisotopic (exact) mass is 540 g/mol. The van der Waals surface area contributed by atoms with E-state index in [2.05, 4.69) is 11.4 Å². The minimum atomic E-state index is -0.293. The number of ether oxygens (including phenoxy) is 1. The molecular weight excluding hydrogens is 512 g/mol. The van der Waals surface area contributed by atoms with Crippen molar-refractivity contribution >= 4 is 17.4 Å². The van der Waals surface area contributed by atoms with Crippen molar-refractivity contribution < 1.29 is 14.3 Å². The zero-order chi connectivity index (χ0) is 28.6. The quantitative estimate of drug-likeness (QED) is 0.206. The molecule has 7 nitrogen and oxygen atoms in total. The minimum Gasteiger partial charge on any atom is -0.484 e. The summed E-state index contributed by atoms with van der Waals surface area (Å²) >= 11 is 0. The van der Waals surface area contributed by atoms with Crippen molar-refractivity contribution in [3.8, 4) is 23.1 Å². The van der Waals surface area contributed by atoms with Crippen molar-refractivity contribution in [2.75, 3.05) is 5.32 Å². The van der Waals surface area contributed by atoms with E-state index in [0.717, 1.165) is 16.7 Å². The molecule has 4 aromatic carbocycles. The third-order valence-electron chi connectivity index (χ3n) is 6.52. The fourth-order valence-electron chi connectivity index (χ4n) is 4.62. The van der Waals surface area contributed by atoms with E-state index in [4.69, 9.17) is 9.84 Å². The Morgan fingerprint density at radius 2 is 1.51 bits per heavy atom. The van der Waals surface area contributed by atoms with Crippen LogP contribution in [0.1, 0.15) is 39.7 Å². The largest absolute Gasteiger partial charge is 0.484 e. The number of benzene rings is 4. The lowest BCUT2D eigenvalue weighted by molar-refractivity contribution is -0.114. The number of nitrogens with zero attached hydrogens (tertiary/aromatic N) is 3. The van der Waals surface area contributed by atoms with Crippen LogP contribution in [0, 0.1) is 11.3 Å². The number of hydrogen-bond donors (Lipinski definition) is 1. The van der Waals surface area contributed by atoms with Crippen molar-refractivity contribution in [1.29, 1.82) is 5.26 Å². The molecule has 202 valence electrons. The van der Waals surface area contributed by atoms with Gasteiger partial charge >= 0.3 is 0 Å². The molecule has 5 aromatic rings. The number of anilines is 1. The molecule has 0 spiro atoms. The number of Topliss-reactive ketones (excluding diaryl/α,β-unsaturated/α-hetero) is 1. The van der Waals surface area contributed by atoms with Crippen LogP contribution in [0.5, 0.6) is 5.75 Å². The van der Waals surface area contributed by atoms with Crippen LogP contribution in [0.15, 0.2) is 109 Å². The van der Waals surface area contributed by atoms with Crippen LogP contribution in [0.25, 0.3) is 11.3 Å². The van der Waals surface area contributed by atoms with E-state index in [9.17, 15) is 14.9 Å². The summed E-state index contributed by atoms with van der Waals surface area (Å²) in [7, 11) is 0. The van der Waals surface area contributed by atoms with Crippen LogP contribution in [-0.2, 0) is 24.4 Å². The Morgan fingerprint density at radius 1 is 0.878 bits per heavy atom. The Balaban J connectivity index is 1.61. The SMILES string of the molecule is CC(=O)Nc1ccc(C#N)cc1CC(=O)c1nn(Cc2ccccc2)c(-c2ccccc2)c1OCc1ccccc1. The van der Waals surface area contributed by atoms with Gasteiger partial charge in [0.05, 0.1) is 18.2 Å². The second-order valence-electron chi connectivity index (χ2n) is 9.57. The fourth-order valence-corrected chi connectivity index (χ4v) is 4.62. The predicted molar refractivity (Wildman–Crippen MR) is 157 cm³/mol. The van der Waals surface area contributed by atoms with Crippen molar-refractivity contribution in [2.24, 2.45) is 0 Å². The summed E-state index contributed by atoms with van der Waals surface area (Å²) < 4.78 is 8.20. The molecule has 1 aromatic heterocycles. The van der Waals surface area contributed by atoms with Gasteiger partial charge < -0.3 is 10.1 Å². The number of aromatic nitrogens is 2. The molecule has 5 rings (SSSR count). The number of ketones is 1. The summed E-state index contributed by atoms with van der Waals surface area (Å²) in [4.78, 5) is 25.8. The second-order valence-corrected chi connectivity index (χ2v) is 9.57. The molecular formula is C34H28N4O3. The van der Waals surface area contributed by atoms with E-state index in [1.54, 1.807) is 22.9 Å². The standard InChI is InChI=1S/C34H28N4O3/c1-24(39)36-30-18-17-27(21-35)19-29(30)20-31(40)32-34(41-23-26-13-7-3-8-14-26)33(28-15-9-4-10-16-28)38(37-32)22-25-11-5-2-6-12-25/h2-19H,20,22-23H2,1H3,(H,36,39). The Kier molecular flexibility index (Phi) is 8.32. The first-order chi connectivity index (χ1) is 20.0. The Bertz CT molecular complexity index is 1710. The first-order valence-corrected chi connectivity index (χ1v) is 13.2. The molecule has 1 heterocycles. The molecule has 0 unspecified atom stereocenters. The Labute approximate surface area is 238 Å². The molecule has 1 amide bonds. The van der Waals surface area contributed by atoms with Gasteiger partial charge in [-0.3, -0.25) is 14.3 Å². The summed E-state index contributed by atoms with van der Waals surface area (Å²) in [6.45, 7) is 2.08. The maximum Gasteiger partial charge on any atom is 0.221 e.